The van der Waals surface area contributed by atoms with Crippen LogP contribution in [0.3, 0.4) is 0 Å². The lowest BCUT2D eigenvalue weighted by Crippen LogP contribution is -2.09. The van der Waals surface area contributed by atoms with E-state index in [0.717, 1.165) is 44.6 Å². The number of thiophene rings is 1. The van der Waals surface area contributed by atoms with Crippen LogP contribution in [-0.2, 0) is 11.3 Å². The van der Waals surface area contributed by atoms with Gasteiger partial charge in [-0.25, -0.2) is 9.97 Å². The van der Waals surface area contributed by atoms with Crippen LogP contribution < -0.4 is 0 Å². The van der Waals surface area contributed by atoms with Gasteiger partial charge in [0.1, 0.15) is 15.7 Å². The second kappa shape index (κ2) is 8.12. The van der Waals surface area contributed by atoms with Crippen LogP contribution in [0.5, 0.6) is 0 Å². The molecule has 7 heteroatoms. The van der Waals surface area contributed by atoms with Crippen molar-refractivity contribution in [3.05, 3.63) is 39.3 Å². The lowest BCUT2D eigenvalue weighted by Gasteiger charge is -2.09. The van der Waals surface area contributed by atoms with Crippen molar-refractivity contribution >= 4 is 39.1 Å². The molecule has 144 valence electrons. The molecule has 0 N–H and O–H groups in total. The van der Waals surface area contributed by atoms with Crippen LogP contribution in [0.4, 0.5) is 0 Å². The number of fused-ring (bicyclic) bond motifs is 1. The van der Waals surface area contributed by atoms with Gasteiger partial charge in [-0.3, -0.25) is 4.79 Å². The molecule has 3 aromatic heterocycles. The number of hydrogen-bond donors (Lipinski definition) is 0. The summed E-state index contributed by atoms with van der Waals surface area (Å²) in [6.45, 7) is 11.5. The quantitative estimate of drug-likeness (QED) is 0.326. The third-order valence-corrected chi connectivity index (χ3v) is 6.92. The van der Waals surface area contributed by atoms with Gasteiger partial charge in [-0.1, -0.05) is 11.8 Å². The third-order valence-electron chi connectivity index (χ3n) is 4.84. The topological polar surface area (TPSA) is 57.0 Å². The van der Waals surface area contributed by atoms with E-state index in [-0.39, 0.29) is 5.78 Å². The van der Waals surface area contributed by atoms with Crippen LogP contribution in [0.2, 0.25) is 0 Å². The van der Waals surface area contributed by atoms with Gasteiger partial charge in [0, 0.05) is 40.9 Å². The van der Waals surface area contributed by atoms with Gasteiger partial charge >= 0.3 is 0 Å². The fourth-order valence-electron chi connectivity index (χ4n) is 3.24. The highest BCUT2D eigenvalue weighted by atomic mass is 32.2. The predicted octanol–water partition coefficient (Wildman–Crippen LogP) is 4.66. The van der Waals surface area contributed by atoms with Gasteiger partial charge in [0.25, 0.3) is 0 Å². The van der Waals surface area contributed by atoms with E-state index in [1.54, 1.807) is 18.4 Å². The molecule has 0 aliphatic heterocycles. The van der Waals surface area contributed by atoms with Gasteiger partial charge in [0.15, 0.2) is 5.78 Å². The van der Waals surface area contributed by atoms with Crippen molar-refractivity contribution in [2.45, 2.75) is 46.2 Å². The summed E-state index contributed by atoms with van der Waals surface area (Å²) in [6, 6.07) is 1.98. The number of ether oxygens (including phenoxy) is 1. The molecule has 0 aliphatic rings. The lowest BCUT2D eigenvalue weighted by molar-refractivity contribution is 0.102. The molecule has 27 heavy (non-hydrogen) atoms. The first-order valence-corrected chi connectivity index (χ1v) is 10.7. The first-order valence-electron chi connectivity index (χ1n) is 8.89. The molecule has 0 radical (unpaired) electrons. The van der Waals surface area contributed by atoms with Gasteiger partial charge in [-0.15, -0.1) is 11.3 Å². The predicted molar refractivity (Wildman–Crippen MR) is 112 cm³/mol. The van der Waals surface area contributed by atoms with Gasteiger partial charge in [0.05, 0.1) is 12.4 Å². The first kappa shape index (κ1) is 20.0. The molecule has 3 aromatic rings. The minimum atomic E-state index is 0.130. The monoisotopic (exact) mass is 403 g/mol. The Kier molecular flexibility index (Phi) is 6.03. The Morgan fingerprint density at radius 2 is 1.96 bits per heavy atom. The first-order chi connectivity index (χ1) is 12.8. The normalized spacial score (nSPS) is 11.5. The Morgan fingerprint density at radius 3 is 2.67 bits per heavy atom. The van der Waals surface area contributed by atoms with Crippen molar-refractivity contribution in [1.29, 1.82) is 0 Å². The molecule has 0 aliphatic carbocycles. The minimum Gasteiger partial charge on any atom is -0.383 e. The van der Waals surface area contributed by atoms with Gasteiger partial charge in [-0.2, -0.15) is 0 Å². The van der Waals surface area contributed by atoms with Crippen LogP contribution >= 0.6 is 23.1 Å². The van der Waals surface area contributed by atoms with Gasteiger partial charge in [0.2, 0.25) is 0 Å². The summed E-state index contributed by atoms with van der Waals surface area (Å²) < 4.78 is 7.31. The number of rotatable bonds is 7. The molecule has 0 bridgehead atoms. The maximum Gasteiger partial charge on any atom is 0.174 e. The Balaban J connectivity index is 1.84. The number of Topliss-reactive ketones (excluding diaryl/α,β-unsaturated/α-hetero) is 1. The van der Waals surface area contributed by atoms with Crippen molar-refractivity contribution in [1.82, 2.24) is 14.5 Å². The fourth-order valence-corrected chi connectivity index (χ4v) is 5.39. The molecule has 0 spiro atoms. The number of aryl methyl sites for hydroxylation is 4. The number of carbonyl (C=O) groups is 1. The molecular formula is C20H25N3O2S2. The largest absolute Gasteiger partial charge is 0.383 e. The molecule has 0 amide bonds. The molecule has 0 atom stereocenters. The zero-order chi connectivity index (χ0) is 19.7. The van der Waals surface area contributed by atoms with Crippen LogP contribution in [0.1, 0.15) is 38.0 Å². The Hall–Kier alpha value is -1.70. The molecular weight excluding hydrogens is 378 g/mol. The molecule has 0 saturated carbocycles. The maximum atomic E-state index is 12.9. The van der Waals surface area contributed by atoms with Crippen molar-refractivity contribution in [2.24, 2.45) is 0 Å². The van der Waals surface area contributed by atoms with Crippen LogP contribution in [0, 0.1) is 34.6 Å². The minimum absolute atomic E-state index is 0.130. The number of ketones is 1. The molecule has 5 nitrogen and oxygen atoms in total. The Morgan fingerprint density at radius 1 is 1.22 bits per heavy atom. The number of methoxy groups -OCH3 is 1. The van der Waals surface area contributed by atoms with E-state index in [4.69, 9.17) is 4.74 Å². The smallest absolute Gasteiger partial charge is 0.174 e. The summed E-state index contributed by atoms with van der Waals surface area (Å²) in [5, 5.41) is 1.99. The third kappa shape index (κ3) is 3.95. The van der Waals surface area contributed by atoms with Crippen LogP contribution in [0.25, 0.3) is 10.2 Å². The van der Waals surface area contributed by atoms with E-state index in [9.17, 15) is 4.79 Å². The zero-order valence-corrected chi connectivity index (χ0v) is 18.3. The molecule has 3 heterocycles. The summed E-state index contributed by atoms with van der Waals surface area (Å²) in [7, 11) is 1.69. The SMILES string of the molecule is COCCn1c(C)cc(C(=O)CSc2nc(C)nc3sc(C)c(C)c23)c1C. The summed E-state index contributed by atoms with van der Waals surface area (Å²) in [5.74, 6) is 1.25. The summed E-state index contributed by atoms with van der Waals surface area (Å²) in [6.07, 6.45) is 0. The lowest BCUT2D eigenvalue weighted by atomic mass is 10.2. The highest BCUT2D eigenvalue weighted by Crippen LogP contribution is 2.35. The Labute approximate surface area is 168 Å². The van der Waals surface area contributed by atoms with E-state index in [2.05, 4.69) is 28.4 Å². The van der Waals surface area contributed by atoms with E-state index >= 15 is 0 Å². The molecule has 0 aromatic carbocycles. The fraction of sp³-hybridized carbons (Fsp3) is 0.450. The van der Waals surface area contributed by atoms with Crippen molar-refractivity contribution < 1.29 is 9.53 Å². The summed E-state index contributed by atoms with van der Waals surface area (Å²) >= 11 is 3.20. The van der Waals surface area contributed by atoms with Crippen molar-refractivity contribution in [3.8, 4) is 0 Å². The average Bonchev–Trinajstić information content (AvgIpc) is 3.06. The standard InChI is InChI=1S/C20H25N3O2S2/c1-11-9-16(13(3)23(11)7-8-25-6)17(24)10-26-19-18-12(2)14(4)27-20(18)22-15(5)21-19/h9H,7-8,10H2,1-6H3. The maximum absolute atomic E-state index is 12.9. The molecule has 0 saturated heterocycles. The second-order valence-corrected chi connectivity index (χ2v) is 8.85. The number of carbonyl (C=O) groups excluding carboxylic acids is 1. The highest BCUT2D eigenvalue weighted by molar-refractivity contribution is 8.00. The van der Waals surface area contributed by atoms with Crippen molar-refractivity contribution in [3.63, 3.8) is 0 Å². The summed E-state index contributed by atoms with van der Waals surface area (Å²) in [4.78, 5) is 24.3. The number of hydrogen-bond acceptors (Lipinski definition) is 6. The highest BCUT2D eigenvalue weighted by Gasteiger charge is 2.18. The number of thioether (sulfide) groups is 1. The van der Waals surface area contributed by atoms with Crippen molar-refractivity contribution in [2.75, 3.05) is 19.5 Å². The Bertz CT molecular complexity index is 1000. The van der Waals surface area contributed by atoms with Gasteiger partial charge in [-0.05, 0) is 46.2 Å². The average molecular weight is 404 g/mol. The van der Waals surface area contributed by atoms with Crippen LogP contribution in [0.15, 0.2) is 11.1 Å². The van der Waals surface area contributed by atoms with E-state index in [1.807, 2.05) is 26.8 Å². The van der Waals surface area contributed by atoms with Gasteiger partial charge < -0.3 is 9.30 Å². The zero-order valence-electron chi connectivity index (χ0n) is 16.7. The van der Waals surface area contributed by atoms with E-state index in [0.29, 0.717) is 12.4 Å². The van der Waals surface area contributed by atoms with E-state index < -0.39 is 0 Å². The second-order valence-electron chi connectivity index (χ2n) is 6.68. The number of aromatic nitrogens is 3. The number of nitrogens with zero attached hydrogens (tertiary/aromatic N) is 3. The molecule has 0 fully saturated rings. The molecule has 0 unspecified atom stereocenters. The summed E-state index contributed by atoms with van der Waals surface area (Å²) in [5.41, 5.74) is 4.09. The molecule has 3 rings (SSSR count). The van der Waals surface area contributed by atoms with E-state index in [1.165, 1.54) is 22.2 Å². The van der Waals surface area contributed by atoms with Crippen LogP contribution in [-0.4, -0.2) is 39.8 Å².